The SMILES string of the molecule is CCOC1CCN(C(=O)c2cc(-c3ccccc3)nc3c2cnn3Cc2ccccc2)CC1. The second-order valence-electron chi connectivity index (χ2n) is 8.39. The Kier molecular flexibility index (Phi) is 6.17. The fourth-order valence-corrected chi connectivity index (χ4v) is 4.49. The molecule has 6 nitrogen and oxygen atoms in total. The molecule has 5 rings (SSSR count). The van der Waals surface area contributed by atoms with E-state index in [4.69, 9.17) is 9.72 Å². The number of amides is 1. The molecule has 33 heavy (non-hydrogen) atoms. The number of benzene rings is 2. The third-order valence-electron chi connectivity index (χ3n) is 6.22. The van der Waals surface area contributed by atoms with Gasteiger partial charge in [-0.25, -0.2) is 9.67 Å². The van der Waals surface area contributed by atoms with E-state index in [9.17, 15) is 4.79 Å². The topological polar surface area (TPSA) is 60.2 Å². The van der Waals surface area contributed by atoms with Crippen LogP contribution < -0.4 is 0 Å². The van der Waals surface area contributed by atoms with Gasteiger partial charge in [0.1, 0.15) is 0 Å². The number of rotatable bonds is 6. The molecule has 1 aliphatic rings. The van der Waals surface area contributed by atoms with Gasteiger partial charge in [0, 0.05) is 25.3 Å². The van der Waals surface area contributed by atoms with Crippen molar-refractivity contribution in [2.24, 2.45) is 0 Å². The number of hydrogen-bond donors (Lipinski definition) is 0. The zero-order chi connectivity index (χ0) is 22.6. The second kappa shape index (κ2) is 9.55. The molecule has 1 aliphatic heterocycles. The average Bonchev–Trinajstić information content (AvgIpc) is 3.27. The Morgan fingerprint density at radius 3 is 2.42 bits per heavy atom. The Morgan fingerprint density at radius 1 is 1.03 bits per heavy atom. The van der Waals surface area contributed by atoms with E-state index in [1.807, 2.05) is 71.1 Å². The van der Waals surface area contributed by atoms with Gasteiger partial charge in [0.25, 0.3) is 5.91 Å². The van der Waals surface area contributed by atoms with Crippen LogP contribution in [0.1, 0.15) is 35.7 Å². The first kappa shape index (κ1) is 21.3. The molecule has 4 aromatic rings. The molecule has 0 radical (unpaired) electrons. The number of fused-ring (bicyclic) bond motifs is 1. The van der Waals surface area contributed by atoms with Crippen molar-refractivity contribution in [3.63, 3.8) is 0 Å². The maximum atomic E-state index is 13.6. The summed E-state index contributed by atoms with van der Waals surface area (Å²) in [6, 6.07) is 22.1. The third-order valence-corrected chi connectivity index (χ3v) is 6.22. The number of piperidine rings is 1. The van der Waals surface area contributed by atoms with Gasteiger partial charge in [-0.05, 0) is 31.4 Å². The molecule has 0 N–H and O–H groups in total. The molecule has 168 valence electrons. The molecule has 0 aliphatic carbocycles. The van der Waals surface area contributed by atoms with Crippen molar-refractivity contribution < 1.29 is 9.53 Å². The van der Waals surface area contributed by atoms with Crippen molar-refractivity contribution in [2.45, 2.75) is 32.4 Å². The van der Waals surface area contributed by atoms with Crippen LogP contribution in [0.3, 0.4) is 0 Å². The van der Waals surface area contributed by atoms with Gasteiger partial charge in [-0.15, -0.1) is 0 Å². The highest BCUT2D eigenvalue weighted by Gasteiger charge is 2.26. The van der Waals surface area contributed by atoms with Gasteiger partial charge >= 0.3 is 0 Å². The summed E-state index contributed by atoms with van der Waals surface area (Å²) in [5.41, 5.74) is 4.29. The van der Waals surface area contributed by atoms with E-state index in [0.717, 1.165) is 40.7 Å². The second-order valence-corrected chi connectivity index (χ2v) is 8.39. The number of aromatic nitrogens is 3. The van der Waals surface area contributed by atoms with Gasteiger partial charge in [0.05, 0.1) is 35.5 Å². The molecule has 0 spiro atoms. The maximum Gasteiger partial charge on any atom is 0.254 e. The lowest BCUT2D eigenvalue weighted by atomic mass is 10.0. The summed E-state index contributed by atoms with van der Waals surface area (Å²) in [7, 11) is 0. The fraction of sp³-hybridized carbons (Fsp3) is 0.296. The van der Waals surface area contributed by atoms with Crippen LogP contribution in [0.5, 0.6) is 0 Å². The Hall–Kier alpha value is -3.51. The van der Waals surface area contributed by atoms with Crippen molar-refractivity contribution >= 4 is 16.9 Å². The number of nitrogens with zero attached hydrogens (tertiary/aromatic N) is 4. The Bertz CT molecular complexity index is 1230. The zero-order valence-corrected chi connectivity index (χ0v) is 18.9. The molecule has 1 fully saturated rings. The summed E-state index contributed by atoms with van der Waals surface area (Å²) in [5, 5.41) is 5.41. The van der Waals surface area contributed by atoms with Crippen LogP contribution in [-0.2, 0) is 11.3 Å². The van der Waals surface area contributed by atoms with E-state index in [0.29, 0.717) is 31.8 Å². The molecule has 0 bridgehead atoms. The van der Waals surface area contributed by atoms with Crippen molar-refractivity contribution in [1.29, 1.82) is 0 Å². The van der Waals surface area contributed by atoms with E-state index in [1.54, 1.807) is 6.20 Å². The zero-order valence-electron chi connectivity index (χ0n) is 18.9. The monoisotopic (exact) mass is 440 g/mol. The van der Waals surface area contributed by atoms with Gasteiger partial charge in [-0.2, -0.15) is 5.10 Å². The maximum absolute atomic E-state index is 13.6. The van der Waals surface area contributed by atoms with E-state index < -0.39 is 0 Å². The van der Waals surface area contributed by atoms with Crippen molar-refractivity contribution in [3.8, 4) is 11.3 Å². The van der Waals surface area contributed by atoms with E-state index in [-0.39, 0.29) is 12.0 Å². The highest BCUT2D eigenvalue weighted by molar-refractivity contribution is 6.06. The Balaban J connectivity index is 1.54. The highest BCUT2D eigenvalue weighted by Crippen LogP contribution is 2.27. The van der Waals surface area contributed by atoms with Crippen LogP contribution in [0.2, 0.25) is 0 Å². The molecule has 0 atom stereocenters. The van der Waals surface area contributed by atoms with Gasteiger partial charge in [-0.3, -0.25) is 4.79 Å². The largest absolute Gasteiger partial charge is 0.378 e. The summed E-state index contributed by atoms with van der Waals surface area (Å²) in [4.78, 5) is 20.5. The molecular formula is C27H28N4O2. The first-order valence-corrected chi connectivity index (χ1v) is 11.6. The van der Waals surface area contributed by atoms with Crippen molar-refractivity contribution in [1.82, 2.24) is 19.7 Å². The molecule has 2 aromatic carbocycles. The molecular weight excluding hydrogens is 412 g/mol. The summed E-state index contributed by atoms with van der Waals surface area (Å²) >= 11 is 0. The fourth-order valence-electron chi connectivity index (χ4n) is 4.49. The molecule has 1 saturated heterocycles. The molecule has 6 heteroatoms. The van der Waals surface area contributed by atoms with Crippen LogP contribution in [0.15, 0.2) is 72.9 Å². The minimum absolute atomic E-state index is 0.0359. The van der Waals surface area contributed by atoms with Crippen LogP contribution in [0.4, 0.5) is 0 Å². The molecule has 0 saturated carbocycles. The lowest BCUT2D eigenvalue weighted by molar-refractivity contribution is 0.0146. The van der Waals surface area contributed by atoms with Gasteiger partial charge in [0.15, 0.2) is 5.65 Å². The normalized spacial score (nSPS) is 14.6. The third kappa shape index (κ3) is 4.52. The number of ether oxygens (including phenoxy) is 1. The van der Waals surface area contributed by atoms with E-state index >= 15 is 0 Å². The number of pyridine rings is 1. The van der Waals surface area contributed by atoms with Crippen molar-refractivity contribution in [2.75, 3.05) is 19.7 Å². The van der Waals surface area contributed by atoms with Gasteiger partial charge < -0.3 is 9.64 Å². The van der Waals surface area contributed by atoms with Crippen molar-refractivity contribution in [3.05, 3.63) is 84.1 Å². The lowest BCUT2D eigenvalue weighted by Crippen LogP contribution is -2.41. The smallest absolute Gasteiger partial charge is 0.254 e. The molecule has 0 unspecified atom stereocenters. The number of hydrogen-bond acceptors (Lipinski definition) is 4. The minimum Gasteiger partial charge on any atom is -0.378 e. The van der Waals surface area contributed by atoms with E-state index in [2.05, 4.69) is 17.2 Å². The lowest BCUT2D eigenvalue weighted by Gasteiger charge is -2.32. The summed E-state index contributed by atoms with van der Waals surface area (Å²) < 4.78 is 7.65. The summed E-state index contributed by atoms with van der Waals surface area (Å²) in [6.45, 7) is 4.73. The molecule has 2 aromatic heterocycles. The minimum atomic E-state index is 0.0359. The summed E-state index contributed by atoms with van der Waals surface area (Å²) in [5.74, 6) is 0.0359. The standard InChI is InChI=1S/C27H28N4O2/c1-2-33-22-13-15-30(16-14-22)27(32)23-17-25(21-11-7-4-8-12-21)29-26-24(23)18-28-31(26)19-20-9-5-3-6-10-20/h3-12,17-18,22H,2,13-16,19H2,1H3. The number of carbonyl (C=O) groups is 1. The predicted molar refractivity (Wildman–Crippen MR) is 129 cm³/mol. The van der Waals surface area contributed by atoms with Gasteiger partial charge in [0.2, 0.25) is 0 Å². The average molecular weight is 441 g/mol. The van der Waals surface area contributed by atoms with Crippen LogP contribution in [0.25, 0.3) is 22.3 Å². The van der Waals surface area contributed by atoms with Gasteiger partial charge in [-0.1, -0.05) is 60.7 Å². The van der Waals surface area contributed by atoms with Crippen LogP contribution in [0, 0.1) is 0 Å². The van der Waals surface area contributed by atoms with Crippen LogP contribution >= 0.6 is 0 Å². The quantitative estimate of drug-likeness (QED) is 0.433. The van der Waals surface area contributed by atoms with E-state index in [1.165, 1.54) is 0 Å². The molecule has 1 amide bonds. The number of likely N-dealkylation sites (tertiary alicyclic amines) is 1. The number of carbonyl (C=O) groups excluding carboxylic acids is 1. The first-order chi connectivity index (χ1) is 16.2. The summed E-state index contributed by atoms with van der Waals surface area (Å²) in [6.07, 6.45) is 3.75. The highest BCUT2D eigenvalue weighted by atomic mass is 16.5. The van der Waals surface area contributed by atoms with Crippen LogP contribution in [-0.4, -0.2) is 51.4 Å². The Morgan fingerprint density at radius 2 is 1.73 bits per heavy atom. The first-order valence-electron chi connectivity index (χ1n) is 11.6. The Labute approximate surface area is 193 Å². The predicted octanol–water partition coefficient (Wildman–Crippen LogP) is 4.79. The molecule has 3 heterocycles.